The van der Waals surface area contributed by atoms with Gasteiger partial charge in [0.1, 0.15) is 5.92 Å². The van der Waals surface area contributed by atoms with Gasteiger partial charge in [0, 0.05) is 12.6 Å². The first-order valence-electron chi connectivity index (χ1n) is 5.63. The van der Waals surface area contributed by atoms with Crippen molar-refractivity contribution in [3.8, 4) is 0 Å². The Bertz CT molecular complexity index is 238. The number of amides is 1. The normalized spacial score (nSPS) is 12.6. The number of nitrogens with zero attached hydrogens (tertiary/aromatic N) is 1. The lowest BCUT2D eigenvalue weighted by atomic mass is 10.1. The van der Waals surface area contributed by atoms with Crippen LogP contribution in [-0.2, 0) is 9.59 Å². The van der Waals surface area contributed by atoms with Crippen LogP contribution in [0.2, 0.25) is 0 Å². The van der Waals surface area contributed by atoms with Crippen LogP contribution >= 0.6 is 0 Å². The molecule has 2 N–H and O–H groups in total. The van der Waals surface area contributed by atoms with E-state index >= 15 is 0 Å². The summed E-state index contributed by atoms with van der Waals surface area (Å²) in [5.74, 6) is -2.60. The van der Waals surface area contributed by atoms with E-state index in [1.165, 1.54) is 11.8 Å². The van der Waals surface area contributed by atoms with E-state index in [-0.39, 0.29) is 19.2 Å². The third-order valence-corrected chi connectivity index (χ3v) is 2.75. The zero-order valence-corrected chi connectivity index (χ0v) is 10.1. The van der Waals surface area contributed by atoms with Crippen LogP contribution in [0.5, 0.6) is 0 Å². The second-order valence-corrected chi connectivity index (χ2v) is 3.79. The molecule has 0 saturated heterocycles. The Kier molecular flexibility index (Phi) is 6.72. The minimum Gasteiger partial charge on any atom is -0.481 e. The van der Waals surface area contributed by atoms with Gasteiger partial charge in [0.2, 0.25) is 5.91 Å². The van der Waals surface area contributed by atoms with E-state index in [9.17, 15) is 9.59 Å². The Morgan fingerprint density at radius 1 is 1.25 bits per heavy atom. The third-order valence-electron chi connectivity index (χ3n) is 2.75. The topological polar surface area (TPSA) is 77.8 Å². The molecular formula is C11H21NO4. The molecule has 1 unspecified atom stereocenters. The van der Waals surface area contributed by atoms with Gasteiger partial charge >= 0.3 is 5.97 Å². The van der Waals surface area contributed by atoms with Crippen molar-refractivity contribution in [3.63, 3.8) is 0 Å². The molecule has 0 heterocycles. The van der Waals surface area contributed by atoms with E-state index in [4.69, 9.17) is 10.2 Å². The van der Waals surface area contributed by atoms with Crippen LogP contribution in [-0.4, -0.2) is 46.2 Å². The van der Waals surface area contributed by atoms with Crippen LogP contribution in [0.3, 0.4) is 0 Å². The number of carbonyl (C=O) groups is 2. The molecule has 0 aromatic carbocycles. The van der Waals surface area contributed by atoms with Crippen molar-refractivity contribution < 1.29 is 19.8 Å². The quantitative estimate of drug-likeness (QED) is 0.633. The van der Waals surface area contributed by atoms with Gasteiger partial charge in [0.05, 0.1) is 6.61 Å². The Morgan fingerprint density at radius 2 is 1.75 bits per heavy atom. The maximum atomic E-state index is 11.9. The molecule has 0 aromatic heterocycles. The zero-order valence-electron chi connectivity index (χ0n) is 10.1. The summed E-state index contributed by atoms with van der Waals surface area (Å²) in [6.45, 7) is 5.31. The van der Waals surface area contributed by atoms with Gasteiger partial charge in [0.15, 0.2) is 0 Å². The summed E-state index contributed by atoms with van der Waals surface area (Å²) in [5.41, 5.74) is 0. The average molecular weight is 231 g/mol. The molecule has 0 rings (SSSR count). The standard InChI is InChI=1S/C11H21NO4/c1-4-9(5-2)12(6-7-13)10(14)8(3)11(15)16/h8-9,13H,4-7H2,1-3H3,(H,15,16). The van der Waals surface area contributed by atoms with Crippen LogP contribution in [0.4, 0.5) is 0 Å². The van der Waals surface area contributed by atoms with Gasteiger partial charge in [-0.05, 0) is 19.8 Å². The molecule has 0 spiro atoms. The van der Waals surface area contributed by atoms with Crippen LogP contribution in [0, 0.1) is 5.92 Å². The van der Waals surface area contributed by atoms with Gasteiger partial charge < -0.3 is 15.1 Å². The fraction of sp³-hybridized carbons (Fsp3) is 0.818. The molecule has 0 fully saturated rings. The number of carboxylic acids is 1. The van der Waals surface area contributed by atoms with E-state index in [0.29, 0.717) is 0 Å². The number of hydrogen-bond donors (Lipinski definition) is 2. The molecule has 5 nitrogen and oxygen atoms in total. The molecule has 16 heavy (non-hydrogen) atoms. The second kappa shape index (κ2) is 7.22. The van der Waals surface area contributed by atoms with Gasteiger partial charge in [-0.2, -0.15) is 0 Å². The molecule has 0 aromatic rings. The zero-order chi connectivity index (χ0) is 12.7. The van der Waals surface area contributed by atoms with E-state index in [2.05, 4.69) is 0 Å². The molecule has 0 saturated carbocycles. The minimum absolute atomic E-state index is 0.00134. The van der Waals surface area contributed by atoms with Gasteiger partial charge in [-0.25, -0.2) is 0 Å². The Labute approximate surface area is 96.1 Å². The monoisotopic (exact) mass is 231 g/mol. The predicted molar refractivity (Wildman–Crippen MR) is 60.0 cm³/mol. The molecule has 1 amide bonds. The van der Waals surface area contributed by atoms with Gasteiger partial charge in [-0.3, -0.25) is 9.59 Å². The van der Waals surface area contributed by atoms with Gasteiger partial charge in [-0.1, -0.05) is 13.8 Å². The van der Waals surface area contributed by atoms with Gasteiger partial charge in [0.25, 0.3) is 0 Å². The number of carboxylic acid groups (broad SMARTS) is 1. The lowest BCUT2D eigenvalue weighted by Crippen LogP contribution is -2.45. The lowest BCUT2D eigenvalue weighted by molar-refractivity contribution is -0.151. The average Bonchev–Trinajstić information content (AvgIpc) is 2.27. The highest BCUT2D eigenvalue weighted by atomic mass is 16.4. The molecule has 1 atom stereocenters. The highest BCUT2D eigenvalue weighted by Gasteiger charge is 2.29. The maximum Gasteiger partial charge on any atom is 0.315 e. The van der Waals surface area contributed by atoms with Crippen molar-refractivity contribution in [1.82, 2.24) is 4.90 Å². The first kappa shape index (κ1) is 14.9. The fourth-order valence-electron chi connectivity index (χ4n) is 1.66. The maximum absolute atomic E-state index is 11.9. The summed E-state index contributed by atoms with van der Waals surface area (Å²) < 4.78 is 0. The fourth-order valence-corrected chi connectivity index (χ4v) is 1.66. The van der Waals surface area contributed by atoms with E-state index < -0.39 is 17.8 Å². The van der Waals surface area contributed by atoms with Crippen molar-refractivity contribution in [3.05, 3.63) is 0 Å². The van der Waals surface area contributed by atoms with E-state index in [1.807, 2.05) is 13.8 Å². The highest BCUT2D eigenvalue weighted by molar-refractivity contribution is 5.96. The van der Waals surface area contributed by atoms with E-state index in [1.54, 1.807) is 0 Å². The second-order valence-electron chi connectivity index (χ2n) is 3.79. The molecule has 0 aliphatic rings. The summed E-state index contributed by atoms with van der Waals surface area (Å²) in [4.78, 5) is 24.1. The van der Waals surface area contributed by atoms with Crippen LogP contribution < -0.4 is 0 Å². The molecule has 0 bridgehead atoms. The van der Waals surface area contributed by atoms with Crippen molar-refractivity contribution in [2.24, 2.45) is 5.92 Å². The van der Waals surface area contributed by atoms with Crippen molar-refractivity contribution in [2.45, 2.75) is 39.7 Å². The lowest BCUT2D eigenvalue weighted by Gasteiger charge is -2.31. The Hall–Kier alpha value is -1.10. The molecule has 0 radical (unpaired) electrons. The van der Waals surface area contributed by atoms with Crippen LogP contribution in [0.1, 0.15) is 33.6 Å². The minimum atomic E-state index is -1.13. The SMILES string of the molecule is CCC(CC)N(CCO)C(=O)C(C)C(=O)O. The molecule has 0 aliphatic heterocycles. The van der Waals surface area contributed by atoms with Crippen molar-refractivity contribution in [2.75, 3.05) is 13.2 Å². The Balaban J connectivity index is 4.75. The Morgan fingerprint density at radius 3 is 2.06 bits per heavy atom. The van der Waals surface area contributed by atoms with Crippen LogP contribution in [0.25, 0.3) is 0 Å². The number of carbonyl (C=O) groups excluding carboxylic acids is 1. The summed E-state index contributed by atoms with van der Waals surface area (Å²) >= 11 is 0. The number of aliphatic hydroxyl groups excluding tert-OH is 1. The highest BCUT2D eigenvalue weighted by Crippen LogP contribution is 2.12. The first-order chi connectivity index (χ1) is 7.49. The first-order valence-corrected chi connectivity index (χ1v) is 5.63. The molecule has 0 aliphatic carbocycles. The third kappa shape index (κ3) is 3.81. The summed E-state index contributed by atoms with van der Waals surface area (Å²) in [7, 11) is 0. The van der Waals surface area contributed by atoms with Gasteiger partial charge in [-0.15, -0.1) is 0 Å². The number of aliphatic hydroxyl groups is 1. The largest absolute Gasteiger partial charge is 0.481 e. The summed E-state index contributed by atoms with van der Waals surface area (Å²) in [6, 6.07) is 0.00134. The molecule has 94 valence electrons. The predicted octanol–water partition coefficient (Wildman–Crippen LogP) is 0.717. The van der Waals surface area contributed by atoms with Crippen LogP contribution in [0.15, 0.2) is 0 Å². The molecular weight excluding hydrogens is 210 g/mol. The number of hydrogen-bond acceptors (Lipinski definition) is 3. The summed E-state index contributed by atoms with van der Waals surface area (Å²) in [6.07, 6.45) is 1.52. The van der Waals surface area contributed by atoms with Crippen molar-refractivity contribution >= 4 is 11.9 Å². The number of aliphatic carboxylic acids is 1. The molecule has 5 heteroatoms. The smallest absolute Gasteiger partial charge is 0.315 e. The summed E-state index contributed by atoms with van der Waals surface area (Å²) in [5, 5.41) is 17.7. The van der Waals surface area contributed by atoms with E-state index in [0.717, 1.165) is 12.8 Å². The van der Waals surface area contributed by atoms with Crippen molar-refractivity contribution in [1.29, 1.82) is 0 Å². The number of rotatable bonds is 7.